The zero-order chi connectivity index (χ0) is 19.9. The molecule has 0 saturated heterocycles. The lowest BCUT2D eigenvalue weighted by molar-refractivity contribution is -0.123. The summed E-state index contributed by atoms with van der Waals surface area (Å²) in [7, 11) is 0. The summed E-state index contributed by atoms with van der Waals surface area (Å²) in [5.41, 5.74) is 4.85. The predicted molar refractivity (Wildman–Crippen MR) is 109 cm³/mol. The van der Waals surface area contributed by atoms with Gasteiger partial charge in [-0.2, -0.15) is 5.10 Å². The SMILES string of the molecule is CC(C)(C)CC(C)(C)c1ccc(OCC(=O)N/N=C/c2cccnc2)cc1. The minimum Gasteiger partial charge on any atom is -0.484 e. The van der Waals surface area contributed by atoms with E-state index in [0.29, 0.717) is 5.75 Å². The van der Waals surface area contributed by atoms with E-state index in [2.05, 4.69) is 62.3 Å². The van der Waals surface area contributed by atoms with Gasteiger partial charge in [0.05, 0.1) is 6.21 Å². The van der Waals surface area contributed by atoms with Gasteiger partial charge in [-0.1, -0.05) is 52.8 Å². The van der Waals surface area contributed by atoms with Gasteiger partial charge in [0, 0.05) is 18.0 Å². The van der Waals surface area contributed by atoms with E-state index < -0.39 is 0 Å². The van der Waals surface area contributed by atoms with Crippen molar-refractivity contribution in [1.29, 1.82) is 0 Å². The van der Waals surface area contributed by atoms with Crippen LogP contribution in [-0.4, -0.2) is 23.7 Å². The van der Waals surface area contributed by atoms with Crippen molar-refractivity contribution in [3.63, 3.8) is 0 Å². The Bertz CT molecular complexity index is 760. The second kappa shape index (κ2) is 8.80. The molecule has 2 aromatic rings. The molecule has 0 atom stereocenters. The highest BCUT2D eigenvalue weighted by Crippen LogP contribution is 2.36. The lowest BCUT2D eigenvalue weighted by Crippen LogP contribution is -2.25. The maximum Gasteiger partial charge on any atom is 0.277 e. The molecule has 0 radical (unpaired) electrons. The number of carbonyl (C=O) groups is 1. The minimum atomic E-state index is -0.313. The van der Waals surface area contributed by atoms with Gasteiger partial charge in [0.15, 0.2) is 6.61 Å². The summed E-state index contributed by atoms with van der Waals surface area (Å²) in [5, 5.41) is 3.89. The average molecular weight is 367 g/mol. The highest BCUT2D eigenvalue weighted by atomic mass is 16.5. The Morgan fingerprint density at radius 3 is 2.44 bits per heavy atom. The van der Waals surface area contributed by atoms with Crippen LogP contribution in [0.1, 0.15) is 52.2 Å². The standard InChI is InChI=1S/C22H29N3O2/c1-21(2,3)16-22(4,5)18-8-10-19(11-9-18)27-15-20(26)25-24-14-17-7-6-12-23-13-17/h6-14H,15-16H2,1-5H3,(H,25,26)/b24-14+. The average Bonchev–Trinajstić information content (AvgIpc) is 2.59. The molecule has 0 aliphatic heterocycles. The molecule has 0 fully saturated rings. The van der Waals surface area contributed by atoms with Gasteiger partial charge >= 0.3 is 0 Å². The number of hydrazone groups is 1. The monoisotopic (exact) mass is 367 g/mol. The normalized spacial score (nSPS) is 12.2. The second-order valence-electron chi connectivity index (χ2n) is 8.51. The molecular weight excluding hydrogens is 338 g/mol. The molecule has 0 bridgehead atoms. The summed E-state index contributed by atoms with van der Waals surface area (Å²) in [5.74, 6) is 0.351. The molecule has 5 nitrogen and oxygen atoms in total. The van der Waals surface area contributed by atoms with Crippen LogP contribution in [0.15, 0.2) is 53.9 Å². The van der Waals surface area contributed by atoms with Crippen LogP contribution in [0.3, 0.4) is 0 Å². The van der Waals surface area contributed by atoms with Gasteiger partial charge in [-0.05, 0) is 41.0 Å². The summed E-state index contributed by atoms with van der Waals surface area (Å²) in [6.07, 6.45) is 5.96. The number of ether oxygens (including phenoxy) is 1. The van der Waals surface area contributed by atoms with Gasteiger partial charge < -0.3 is 4.74 Å². The topological polar surface area (TPSA) is 63.6 Å². The Labute approximate surface area is 161 Å². The van der Waals surface area contributed by atoms with Crippen LogP contribution in [0.5, 0.6) is 5.75 Å². The van der Waals surface area contributed by atoms with Crippen LogP contribution in [0, 0.1) is 5.41 Å². The maximum absolute atomic E-state index is 11.8. The molecule has 2 rings (SSSR count). The summed E-state index contributed by atoms with van der Waals surface area (Å²) < 4.78 is 5.54. The van der Waals surface area contributed by atoms with Crippen molar-refractivity contribution < 1.29 is 9.53 Å². The van der Waals surface area contributed by atoms with Crippen LogP contribution in [0.4, 0.5) is 0 Å². The Balaban J connectivity index is 1.84. The largest absolute Gasteiger partial charge is 0.484 e. The molecule has 5 heteroatoms. The molecule has 1 aromatic carbocycles. The summed E-state index contributed by atoms with van der Waals surface area (Å²) in [6.45, 7) is 11.2. The fraction of sp³-hybridized carbons (Fsp3) is 0.409. The highest BCUT2D eigenvalue weighted by Gasteiger charge is 2.27. The predicted octanol–water partition coefficient (Wildman–Crippen LogP) is 4.32. The molecule has 1 amide bonds. The van der Waals surface area contributed by atoms with Crippen molar-refractivity contribution in [3.05, 3.63) is 59.9 Å². The molecule has 0 saturated carbocycles. The molecule has 27 heavy (non-hydrogen) atoms. The lowest BCUT2D eigenvalue weighted by Gasteiger charge is -2.33. The summed E-state index contributed by atoms with van der Waals surface area (Å²) in [6, 6.07) is 11.6. The maximum atomic E-state index is 11.8. The minimum absolute atomic E-state index is 0.0785. The van der Waals surface area contributed by atoms with Crippen LogP contribution in [0.2, 0.25) is 0 Å². The second-order valence-corrected chi connectivity index (χ2v) is 8.51. The van der Waals surface area contributed by atoms with E-state index in [4.69, 9.17) is 4.74 Å². The van der Waals surface area contributed by atoms with E-state index in [1.54, 1.807) is 18.5 Å². The zero-order valence-corrected chi connectivity index (χ0v) is 16.8. The Hall–Kier alpha value is -2.69. The van der Waals surface area contributed by atoms with Crippen molar-refractivity contribution in [2.24, 2.45) is 10.5 Å². The van der Waals surface area contributed by atoms with E-state index in [1.165, 1.54) is 11.8 Å². The zero-order valence-electron chi connectivity index (χ0n) is 16.8. The molecule has 1 aromatic heterocycles. The van der Waals surface area contributed by atoms with Gasteiger partial charge in [0.1, 0.15) is 5.75 Å². The highest BCUT2D eigenvalue weighted by molar-refractivity contribution is 5.82. The van der Waals surface area contributed by atoms with Gasteiger partial charge in [0.25, 0.3) is 5.91 Å². The first-order valence-corrected chi connectivity index (χ1v) is 9.11. The van der Waals surface area contributed by atoms with E-state index in [9.17, 15) is 4.79 Å². The van der Waals surface area contributed by atoms with Crippen LogP contribution in [-0.2, 0) is 10.2 Å². The summed E-state index contributed by atoms with van der Waals surface area (Å²) in [4.78, 5) is 15.8. The lowest BCUT2D eigenvalue weighted by atomic mass is 9.72. The number of carbonyl (C=O) groups excluding carboxylic acids is 1. The number of nitrogens with zero attached hydrogens (tertiary/aromatic N) is 2. The summed E-state index contributed by atoms with van der Waals surface area (Å²) >= 11 is 0. The number of rotatable bonds is 7. The number of hydrogen-bond donors (Lipinski definition) is 1. The quantitative estimate of drug-likeness (QED) is 0.585. The number of pyridine rings is 1. The number of nitrogens with one attached hydrogen (secondary N) is 1. The molecule has 0 unspecified atom stereocenters. The fourth-order valence-corrected chi connectivity index (χ4v) is 3.24. The molecule has 0 aliphatic carbocycles. The van der Waals surface area contributed by atoms with Crippen molar-refractivity contribution in [1.82, 2.24) is 10.4 Å². The van der Waals surface area contributed by atoms with Gasteiger partial charge in [-0.25, -0.2) is 5.43 Å². The first-order chi connectivity index (χ1) is 12.7. The van der Waals surface area contributed by atoms with Crippen molar-refractivity contribution >= 4 is 12.1 Å². The third-order valence-corrected chi connectivity index (χ3v) is 4.07. The van der Waals surface area contributed by atoms with Gasteiger partial charge in [-0.3, -0.25) is 9.78 Å². The van der Waals surface area contributed by atoms with E-state index in [1.807, 2.05) is 18.2 Å². The van der Waals surface area contributed by atoms with E-state index in [-0.39, 0.29) is 23.3 Å². The Morgan fingerprint density at radius 1 is 1.15 bits per heavy atom. The third kappa shape index (κ3) is 7.21. The molecule has 144 valence electrons. The molecular formula is C22H29N3O2. The van der Waals surface area contributed by atoms with Crippen molar-refractivity contribution in [2.75, 3.05) is 6.61 Å². The third-order valence-electron chi connectivity index (χ3n) is 4.07. The molecule has 1 N–H and O–H groups in total. The number of aromatic nitrogens is 1. The van der Waals surface area contributed by atoms with Crippen LogP contribution < -0.4 is 10.2 Å². The van der Waals surface area contributed by atoms with Crippen molar-refractivity contribution in [3.8, 4) is 5.75 Å². The Kier molecular flexibility index (Phi) is 6.72. The number of benzene rings is 1. The van der Waals surface area contributed by atoms with Crippen LogP contribution in [0.25, 0.3) is 0 Å². The van der Waals surface area contributed by atoms with Crippen molar-refractivity contribution in [2.45, 2.75) is 46.5 Å². The number of amides is 1. The van der Waals surface area contributed by atoms with Gasteiger partial charge in [-0.15, -0.1) is 0 Å². The first kappa shape index (κ1) is 20.6. The van der Waals surface area contributed by atoms with Gasteiger partial charge in [0.2, 0.25) is 0 Å². The fourth-order valence-electron chi connectivity index (χ4n) is 3.24. The van der Waals surface area contributed by atoms with E-state index >= 15 is 0 Å². The van der Waals surface area contributed by atoms with Crippen LogP contribution >= 0.6 is 0 Å². The van der Waals surface area contributed by atoms with E-state index in [0.717, 1.165) is 12.0 Å². The molecule has 1 heterocycles. The molecule has 0 aliphatic rings. The smallest absolute Gasteiger partial charge is 0.277 e. The molecule has 0 spiro atoms. The Morgan fingerprint density at radius 2 is 1.85 bits per heavy atom. The number of hydrogen-bond acceptors (Lipinski definition) is 4. The first-order valence-electron chi connectivity index (χ1n) is 9.11.